The molecule has 2 aromatic carbocycles. The van der Waals surface area contributed by atoms with Crippen LogP contribution in [0.15, 0.2) is 51.8 Å². The van der Waals surface area contributed by atoms with Gasteiger partial charge in [0, 0.05) is 15.1 Å². The van der Waals surface area contributed by atoms with Gasteiger partial charge in [-0.05, 0) is 64.7 Å². The third-order valence-corrected chi connectivity index (χ3v) is 5.21. The first kappa shape index (κ1) is 15.5. The fraction of sp³-hybridized carbons (Fsp3) is 0.250. The second kappa shape index (κ2) is 7.25. The highest BCUT2D eigenvalue weighted by atomic mass is 79.9. The molecule has 2 aromatic rings. The summed E-state index contributed by atoms with van der Waals surface area (Å²) in [7, 11) is 0. The first-order chi connectivity index (χ1) is 9.56. The predicted molar refractivity (Wildman–Crippen MR) is 85.7 cm³/mol. The molecule has 0 saturated carbocycles. The van der Waals surface area contributed by atoms with E-state index in [2.05, 4.69) is 15.9 Å². The van der Waals surface area contributed by atoms with Gasteiger partial charge >= 0.3 is 0 Å². The maximum absolute atomic E-state index is 13.2. The molecule has 4 heteroatoms. The molecule has 0 aliphatic rings. The second-order valence-electron chi connectivity index (χ2n) is 4.67. The lowest BCUT2D eigenvalue weighted by Crippen LogP contribution is -2.14. The number of rotatable bonds is 5. The Labute approximate surface area is 131 Å². The number of aliphatic hydroxyl groups excluding tert-OH is 1. The lowest BCUT2D eigenvalue weighted by molar-refractivity contribution is 0.200. The van der Waals surface area contributed by atoms with Crippen LogP contribution in [0.2, 0.25) is 0 Å². The molecule has 0 amide bonds. The molecule has 20 heavy (non-hydrogen) atoms. The van der Waals surface area contributed by atoms with E-state index in [0.29, 0.717) is 12.2 Å². The SMILES string of the molecule is Cc1ccc(F)cc1CC(O)CSc1ccccc1Br. The summed E-state index contributed by atoms with van der Waals surface area (Å²) < 4.78 is 14.2. The highest BCUT2D eigenvalue weighted by Crippen LogP contribution is 2.28. The Balaban J connectivity index is 1.94. The topological polar surface area (TPSA) is 20.2 Å². The van der Waals surface area contributed by atoms with Crippen LogP contribution in [0.25, 0.3) is 0 Å². The summed E-state index contributed by atoms with van der Waals surface area (Å²) in [6.07, 6.45) is -0.0197. The molecule has 0 aliphatic carbocycles. The maximum Gasteiger partial charge on any atom is 0.123 e. The number of aryl methyl sites for hydroxylation is 1. The Morgan fingerprint density at radius 3 is 2.75 bits per heavy atom. The first-order valence-corrected chi connectivity index (χ1v) is 8.14. The largest absolute Gasteiger partial charge is 0.392 e. The van der Waals surface area contributed by atoms with E-state index in [1.54, 1.807) is 17.8 Å². The quantitative estimate of drug-likeness (QED) is 0.792. The van der Waals surface area contributed by atoms with E-state index in [-0.39, 0.29) is 5.82 Å². The highest BCUT2D eigenvalue weighted by molar-refractivity contribution is 9.10. The molecule has 0 aliphatic heterocycles. The van der Waals surface area contributed by atoms with Crippen LogP contribution in [-0.2, 0) is 6.42 Å². The molecule has 106 valence electrons. The van der Waals surface area contributed by atoms with Crippen molar-refractivity contribution in [2.24, 2.45) is 0 Å². The Morgan fingerprint density at radius 1 is 1.25 bits per heavy atom. The third kappa shape index (κ3) is 4.33. The normalized spacial score (nSPS) is 12.4. The van der Waals surface area contributed by atoms with Crippen molar-refractivity contribution >= 4 is 27.7 Å². The van der Waals surface area contributed by atoms with E-state index in [1.165, 1.54) is 12.1 Å². The molecular weight excluding hydrogens is 339 g/mol. The van der Waals surface area contributed by atoms with Crippen LogP contribution >= 0.6 is 27.7 Å². The van der Waals surface area contributed by atoms with E-state index < -0.39 is 6.10 Å². The van der Waals surface area contributed by atoms with Gasteiger partial charge in [-0.2, -0.15) is 0 Å². The number of hydrogen-bond acceptors (Lipinski definition) is 2. The number of hydrogen-bond donors (Lipinski definition) is 1. The molecule has 2 rings (SSSR count). The zero-order valence-corrected chi connectivity index (χ0v) is 13.5. The van der Waals surface area contributed by atoms with Gasteiger partial charge in [-0.25, -0.2) is 4.39 Å². The summed E-state index contributed by atoms with van der Waals surface area (Å²) in [5.74, 6) is 0.328. The predicted octanol–water partition coefficient (Wildman–Crippen LogP) is 4.59. The van der Waals surface area contributed by atoms with Crippen LogP contribution in [0.1, 0.15) is 11.1 Å². The van der Waals surface area contributed by atoms with Crippen LogP contribution in [0, 0.1) is 12.7 Å². The van der Waals surface area contributed by atoms with E-state index in [4.69, 9.17) is 0 Å². The molecule has 1 N–H and O–H groups in total. The minimum Gasteiger partial charge on any atom is -0.392 e. The van der Waals surface area contributed by atoms with Gasteiger partial charge in [-0.1, -0.05) is 18.2 Å². The maximum atomic E-state index is 13.2. The fourth-order valence-corrected chi connectivity index (χ4v) is 3.42. The molecule has 1 unspecified atom stereocenters. The molecule has 0 saturated heterocycles. The number of benzene rings is 2. The Kier molecular flexibility index (Phi) is 5.64. The molecular formula is C16H16BrFOS. The number of halogens is 2. The van der Waals surface area contributed by atoms with Crippen LogP contribution < -0.4 is 0 Å². The summed E-state index contributed by atoms with van der Waals surface area (Å²) in [6, 6.07) is 12.6. The van der Waals surface area contributed by atoms with Crippen molar-refractivity contribution in [3.8, 4) is 0 Å². The van der Waals surface area contributed by atoms with E-state index in [0.717, 1.165) is 20.5 Å². The van der Waals surface area contributed by atoms with Crippen molar-refractivity contribution in [3.63, 3.8) is 0 Å². The number of thioether (sulfide) groups is 1. The highest BCUT2D eigenvalue weighted by Gasteiger charge is 2.10. The second-order valence-corrected chi connectivity index (χ2v) is 6.59. The third-order valence-electron chi connectivity index (χ3n) is 3.03. The summed E-state index contributed by atoms with van der Waals surface area (Å²) in [5, 5.41) is 10.1. The standard InChI is InChI=1S/C16H16BrFOS/c1-11-6-7-13(18)8-12(11)9-14(19)10-20-16-5-3-2-4-15(16)17/h2-8,14,19H,9-10H2,1H3. The Bertz CT molecular complexity index is 588. The van der Waals surface area contributed by atoms with Crippen LogP contribution in [0.3, 0.4) is 0 Å². The van der Waals surface area contributed by atoms with Gasteiger partial charge in [0.1, 0.15) is 5.82 Å². The van der Waals surface area contributed by atoms with Crippen molar-refractivity contribution in [2.45, 2.75) is 24.3 Å². The first-order valence-electron chi connectivity index (χ1n) is 6.36. The van der Waals surface area contributed by atoms with Crippen molar-refractivity contribution in [1.29, 1.82) is 0 Å². The number of aliphatic hydroxyl groups is 1. The molecule has 0 aromatic heterocycles. The van der Waals surface area contributed by atoms with Gasteiger partial charge in [-0.15, -0.1) is 11.8 Å². The molecule has 1 nitrogen and oxygen atoms in total. The van der Waals surface area contributed by atoms with Gasteiger partial charge in [0.25, 0.3) is 0 Å². The van der Waals surface area contributed by atoms with E-state index in [1.807, 2.05) is 31.2 Å². The van der Waals surface area contributed by atoms with Gasteiger partial charge in [0.2, 0.25) is 0 Å². The van der Waals surface area contributed by atoms with Gasteiger partial charge < -0.3 is 5.11 Å². The lowest BCUT2D eigenvalue weighted by atomic mass is 10.0. The zero-order chi connectivity index (χ0) is 14.5. The molecule has 0 heterocycles. The smallest absolute Gasteiger partial charge is 0.123 e. The minimum absolute atomic E-state index is 0.253. The summed E-state index contributed by atoms with van der Waals surface area (Å²) in [5.41, 5.74) is 1.88. The van der Waals surface area contributed by atoms with Crippen LogP contribution in [-0.4, -0.2) is 17.0 Å². The molecule has 0 radical (unpaired) electrons. The lowest BCUT2D eigenvalue weighted by Gasteiger charge is -2.13. The van der Waals surface area contributed by atoms with Gasteiger partial charge in [0.15, 0.2) is 0 Å². The average Bonchev–Trinajstić information content (AvgIpc) is 2.42. The van der Waals surface area contributed by atoms with Gasteiger partial charge in [-0.3, -0.25) is 0 Å². The minimum atomic E-state index is -0.493. The molecule has 0 bridgehead atoms. The van der Waals surface area contributed by atoms with Crippen molar-refractivity contribution < 1.29 is 9.50 Å². The molecule has 0 fully saturated rings. The summed E-state index contributed by atoms with van der Waals surface area (Å²) in [4.78, 5) is 1.10. The van der Waals surface area contributed by atoms with Crippen molar-refractivity contribution in [2.75, 3.05) is 5.75 Å². The van der Waals surface area contributed by atoms with E-state index >= 15 is 0 Å². The van der Waals surface area contributed by atoms with Crippen molar-refractivity contribution in [3.05, 3.63) is 63.9 Å². The summed E-state index contributed by atoms with van der Waals surface area (Å²) in [6.45, 7) is 1.93. The zero-order valence-electron chi connectivity index (χ0n) is 11.1. The molecule has 0 spiro atoms. The van der Waals surface area contributed by atoms with Crippen LogP contribution in [0.5, 0.6) is 0 Å². The Hall–Kier alpha value is -0.840. The Morgan fingerprint density at radius 2 is 2.00 bits per heavy atom. The monoisotopic (exact) mass is 354 g/mol. The van der Waals surface area contributed by atoms with Crippen molar-refractivity contribution in [1.82, 2.24) is 0 Å². The average molecular weight is 355 g/mol. The van der Waals surface area contributed by atoms with Crippen LogP contribution in [0.4, 0.5) is 4.39 Å². The van der Waals surface area contributed by atoms with Gasteiger partial charge in [0.05, 0.1) is 6.10 Å². The molecule has 1 atom stereocenters. The fourth-order valence-electron chi connectivity index (χ4n) is 1.92. The van der Waals surface area contributed by atoms with E-state index in [9.17, 15) is 9.50 Å². The summed E-state index contributed by atoms with van der Waals surface area (Å²) >= 11 is 5.08.